The summed E-state index contributed by atoms with van der Waals surface area (Å²) in [5.74, 6) is 0. The van der Waals surface area contributed by atoms with Gasteiger partial charge in [0.1, 0.15) is 0 Å². The van der Waals surface area contributed by atoms with Crippen LogP contribution in [0.3, 0.4) is 0 Å². The van der Waals surface area contributed by atoms with Crippen molar-refractivity contribution in [2.75, 3.05) is 0 Å². The van der Waals surface area contributed by atoms with Crippen LogP contribution in [0.4, 0.5) is 12.6 Å². The van der Waals surface area contributed by atoms with Crippen LogP contribution < -0.4 is 0 Å². The van der Waals surface area contributed by atoms with Gasteiger partial charge in [-0.3, -0.25) is 0 Å². The Morgan fingerprint density at radius 3 is 0.833 bits per heavy atom. The number of hydrogen-bond donors (Lipinski definition) is 0. The number of hydrogen-bond acceptors (Lipinski definition) is 0. The first-order chi connectivity index (χ1) is 2.00. The molecule has 0 aliphatic rings. The van der Waals surface area contributed by atoms with Crippen molar-refractivity contribution in [3.63, 3.8) is 0 Å². The molecule has 0 N–H and O–H groups in total. The molecule has 0 saturated carbocycles. The minimum atomic E-state index is -7.02. The van der Waals surface area contributed by atoms with E-state index in [1.54, 1.807) is 0 Å². The first-order valence-corrected chi connectivity index (χ1v) is 3.65. The third kappa shape index (κ3) is 58.4. The van der Waals surface area contributed by atoms with Crippen LogP contribution >= 0.6 is 0 Å². The molecule has 0 radical (unpaired) electrons. The van der Waals surface area contributed by atoms with Crippen LogP contribution in [0.5, 0.6) is 0 Å². The molecule has 0 unspecified atom stereocenters. The Morgan fingerprint density at radius 1 is 0.833 bits per heavy atom. The van der Waals surface area contributed by atoms with Gasteiger partial charge in [0.25, 0.3) is 0 Å². The van der Waals surface area contributed by atoms with Crippen molar-refractivity contribution in [1.29, 1.82) is 0 Å². The van der Waals surface area contributed by atoms with Gasteiger partial charge in [-0.1, -0.05) is 0 Å². The second-order valence-corrected chi connectivity index (χ2v) is 2.07. The molecule has 6 heavy (non-hydrogen) atoms. The standard InChI is InChI=1S/Bi.4FH.Mo.3H/h;4*1H;;;;/q;;;;;+4;;;/p-4. The number of halogens is 4. The monoisotopic (exact) mass is 386 g/mol. The summed E-state index contributed by atoms with van der Waals surface area (Å²) in [7, 11) is 0. The summed E-state index contributed by atoms with van der Waals surface area (Å²) >= 11 is -7.02. The normalized spacial score (nSPS) is 12.7. The second-order valence-electron chi connectivity index (χ2n) is 0.350. The van der Waals surface area contributed by atoms with Gasteiger partial charge in [-0.15, -0.1) is 0 Å². The van der Waals surface area contributed by atoms with E-state index in [9.17, 15) is 12.6 Å². The molecule has 0 aromatic carbocycles. The molecule has 0 heterocycles. The molecule has 0 nitrogen and oxygen atoms in total. The first-order valence-electron chi connectivity index (χ1n) is 0.617. The van der Waals surface area contributed by atoms with Gasteiger partial charge in [0.15, 0.2) is 0 Å². The van der Waals surface area contributed by atoms with E-state index in [2.05, 4.69) is 0 Å². The molecule has 0 fully saturated rings. The summed E-state index contributed by atoms with van der Waals surface area (Å²) in [6.45, 7) is 0. The van der Waals surface area contributed by atoms with Gasteiger partial charge < -0.3 is 0 Å². The van der Waals surface area contributed by atoms with Crippen molar-refractivity contribution in [2.24, 2.45) is 0 Å². The van der Waals surface area contributed by atoms with E-state index in [0.29, 0.717) is 0 Å². The van der Waals surface area contributed by atoms with Crippen LogP contribution in [-0.2, 0) is 18.2 Å². The molecule has 0 aliphatic heterocycles. The van der Waals surface area contributed by atoms with E-state index in [0.717, 1.165) is 0 Å². The molecule has 0 aliphatic carbocycles. The van der Waals surface area contributed by atoms with E-state index >= 15 is 0 Å². The topological polar surface area (TPSA) is 0 Å². The Hall–Kier alpha value is 1.29. The summed E-state index contributed by atoms with van der Waals surface area (Å²) < 4.78 is 39.5. The van der Waals surface area contributed by atoms with Gasteiger partial charge in [-0.2, -0.15) is 0 Å². The molecule has 6 heteroatoms. The zero-order chi connectivity index (χ0) is 4.50. The van der Waals surface area contributed by atoms with E-state index in [1.807, 2.05) is 0 Å². The quantitative estimate of drug-likeness (QED) is 0.422. The minimum absolute atomic E-state index is 0. The third-order valence-electron chi connectivity index (χ3n) is 0. The van der Waals surface area contributed by atoms with Crippen molar-refractivity contribution >= 4 is 26.2 Å². The molecule has 0 spiro atoms. The van der Waals surface area contributed by atoms with Gasteiger partial charge >= 0.3 is 57.0 Å². The summed E-state index contributed by atoms with van der Waals surface area (Å²) in [4.78, 5) is 0. The molecule has 0 aromatic heterocycles. The van der Waals surface area contributed by atoms with Crippen molar-refractivity contribution in [2.45, 2.75) is 0 Å². The number of rotatable bonds is 0. The van der Waals surface area contributed by atoms with E-state index in [4.69, 9.17) is 0 Å². The van der Waals surface area contributed by atoms with Crippen LogP contribution in [0.15, 0.2) is 0 Å². The van der Waals surface area contributed by atoms with Gasteiger partial charge in [0, 0.05) is 0 Å². The van der Waals surface area contributed by atoms with Crippen LogP contribution in [0, 0.1) is 0 Å². The maximum atomic E-state index is 9.88. The van der Waals surface area contributed by atoms with Crippen LogP contribution in [0.25, 0.3) is 0 Å². The fourth-order valence-corrected chi connectivity index (χ4v) is 0. The van der Waals surface area contributed by atoms with E-state index in [1.165, 1.54) is 0 Å². The Balaban J connectivity index is 0. The zero-order valence-corrected chi connectivity index (χ0v) is 10.1. The predicted molar refractivity (Wildman–Crippen MR) is 14.4 cm³/mol. The fourth-order valence-electron chi connectivity index (χ4n) is 0. The van der Waals surface area contributed by atoms with Gasteiger partial charge in [0.2, 0.25) is 0 Å². The summed E-state index contributed by atoms with van der Waals surface area (Å²) in [5.41, 5.74) is 0. The van der Waals surface area contributed by atoms with Crippen molar-refractivity contribution < 1.29 is 30.8 Å². The second kappa shape index (κ2) is 3.31. The fraction of sp³-hybridized carbons (Fsp3) is 0. The van der Waals surface area contributed by atoms with Gasteiger partial charge in [0.05, 0.1) is 0 Å². The van der Waals surface area contributed by atoms with E-state index < -0.39 is 18.2 Å². The van der Waals surface area contributed by atoms with E-state index in [-0.39, 0.29) is 26.2 Å². The third-order valence-corrected chi connectivity index (χ3v) is 0. The predicted octanol–water partition coefficient (Wildman–Crippen LogP) is 0.494. The summed E-state index contributed by atoms with van der Waals surface area (Å²) in [5, 5.41) is 0. The molecular weight excluding hydrogens is 381 g/mol. The van der Waals surface area contributed by atoms with Crippen molar-refractivity contribution in [1.82, 2.24) is 0 Å². The van der Waals surface area contributed by atoms with Crippen LogP contribution in [-0.4, -0.2) is 26.2 Å². The summed E-state index contributed by atoms with van der Waals surface area (Å²) in [6, 6.07) is 0. The molecule has 42 valence electrons. The van der Waals surface area contributed by atoms with Crippen LogP contribution in [0.2, 0.25) is 0 Å². The first kappa shape index (κ1) is 10.3. The van der Waals surface area contributed by atoms with Crippen LogP contribution in [0.1, 0.15) is 0 Å². The van der Waals surface area contributed by atoms with Gasteiger partial charge in [-0.05, 0) is 0 Å². The molecule has 0 atom stereocenters. The SMILES string of the molecule is [BiH3].[F][Mo]([F])([F])[F]. The molecule has 0 aromatic rings. The Bertz CT molecular complexity index is 23.0. The van der Waals surface area contributed by atoms with Gasteiger partial charge in [-0.25, -0.2) is 0 Å². The Kier molecular flexibility index (Phi) is 5.69. The molecule has 0 saturated heterocycles. The molecule has 0 amide bonds. The van der Waals surface area contributed by atoms with Crippen molar-refractivity contribution in [3.8, 4) is 0 Å². The maximum absolute atomic E-state index is 9.88. The molecule has 0 rings (SSSR count). The average molecular weight is 384 g/mol. The Morgan fingerprint density at radius 2 is 0.833 bits per heavy atom. The average Bonchev–Trinajstić information content (AvgIpc) is 0.722. The summed E-state index contributed by atoms with van der Waals surface area (Å²) in [6.07, 6.45) is 0. The zero-order valence-electron chi connectivity index (χ0n) is 2.63. The van der Waals surface area contributed by atoms with Crippen molar-refractivity contribution in [3.05, 3.63) is 0 Å². The molecular formula is H3BiF4Mo. The Labute approximate surface area is 56.8 Å². The molecule has 0 bridgehead atoms.